The summed E-state index contributed by atoms with van der Waals surface area (Å²) in [5, 5.41) is 3.06. The molecule has 0 aliphatic carbocycles. The third-order valence-corrected chi connectivity index (χ3v) is 4.54. The second-order valence-electron chi connectivity index (χ2n) is 5.86. The number of carbonyl (C=O) groups is 1. The van der Waals surface area contributed by atoms with Crippen molar-refractivity contribution in [2.45, 2.75) is 38.1 Å². The summed E-state index contributed by atoms with van der Waals surface area (Å²) in [5.41, 5.74) is 5.46. The van der Waals surface area contributed by atoms with Crippen LogP contribution < -0.4 is 11.1 Å². The average molecular weight is 269 g/mol. The highest BCUT2D eigenvalue weighted by molar-refractivity contribution is 5.86. The van der Waals surface area contributed by atoms with Gasteiger partial charge in [0.1, 0.15) is 0 Å². The fourth-order valence-electron chi connectivity index (χ4n) is 2.88. The second kappa shape index (κ2) is 6.68. The molecule has 0 saturated carbocycles. The first kappa shape index (κ1) is 14.8. The molecule has 5 heteroatoms. The summed E-state index contributed by atoms with van der Waals surface area (Å²) in [7, 11) is 0. The number of rotatable bonds is 4. The van der Waals surface area contributed by atoms with Gasteiger partial charge in [0.25, 0.3) is 0 Å². The van der Waals surface area contributed by atoms with Crippen LogP contribution in [0.3, 0.4) is 0 Å². The third-order valence-electron chi connectivity index (χ3n) is 4.54. The standard InChI is InChI=1S/C14H27N3O2/c1-2-17-7-3-12(4-8-17)11-16-13(18)14(15)5-9-19-10-6-14/h12H,2-11,15H2,1H3,(H,16,18). The largest absolute Gasteiger partial charge is 0.381 e. The van der Waals surface area contributed by atoms with Crippen LogP contribution in [0.5, 0.6) is 0 Å². The molecule has 0 atom stereocenters. The second-order valence-corrected chi connectivity index (χ2v) is 5.86. The molecule has 3 N–H and O–H groups in total. The van der Waals surface area contributed by atoms with Crippen LogP contribution in [0.15, 0.2) is 0 Å². The van der Waals surface area contributed by atoms with Crippen molar-refractivity contribution in [3.63, 3.8) is 0 Å². The fourth-order valence-corrected chi connectivity index (χ4v) is 2.88. The summed E-state index contributed by atoms with van der Waals surface area (Å²) < 4.78 is 5.27. The predicted molar refractivity (Wildman–Crippen MR) is 74.8 cm³/mol. The summed E-state index contributed by atoms with van der Waals surface area (Å²) in [6.07, 6.45) is 3.61. The number of hydrogen-bond acceptors (Lipinski definition) is 4. The van der Waals surface area contributed by atoms with Crippen LogP contribution in [0.1, 0.15) is 32.6 Å². The van der Waals surface area contributed by atoms with Crippen molar-refractivity contribution >= 4 is 5.91 Å². The minimum atomic E-state index is -0.706. The maximum absolute atomic E-state index is 12.2. The van der Waals surface area contributed by atoms with Gasteiger partial charge in [-0.15, -0.1) is 0 Å². The van der Waals surface area contributed by atoms with Gasteiger partial charge in [0.2, 0.25) is 5.91 Å². The Morgan fingerprint density at radius 2 is 2.00 bits per heavy atom. The lowest BCUT2D eigenvalue weighted by Crippen LogP contribution is -2.57. The first-order valence-electron chi connectivity index (χ1n) is 7.51. The summed E-state index contributed by atoms with van der Waals surface area (Å²) in [6.45, 7) is 7.60. The highest BCUT2D eigenvalue weighted by Gasteiger charge is 2.36. The van der Waals surface area contributed by atoms with Gasteiger partial charge in [-0.05, 0) is 51.2 Å². The summed E-state index contributed by atoms with van der Waals surface area (Å²) in [5.74, 6) is 0.615. The first-order chi connectivity index (χ1) is 9.14. The van der Waals surface area contributed by atoms with Crippen molar-refractivity contribution in [2.75, 3.05) is 39.4 Å². The van der Waals surface area contributed by atoms with Crippen molar-refractivity contribution < 1.29 is 9.53 Å². The van der Waals surface area contributed by atoms with Crippen molar-refractivity contribution in [2.24, 2.45) is 11.7 Å². The predicted octanol–water partition coefficient (Wildman–Crippen LogP) is 0.342. The van der Waals surface area contributed by atoms with E-state index in [9.17, 15) is 4.79 Å². The Bertz CT molecular complexity index is 295. The van der Waals surface area contributed by atoms with Crippen molar-refractivity contribution in [3.05, 3.63) is 0 Å². The van der Waals surface area contributed by atoms with E-state index in [1.54, 1.807) is 0 Å². The quantitative estimate of drug-likeness (QED) is 0.772. The molecule has 2 aliphatic heterocycles. The van der Waals surface area contributed by atoms with Crippen molar-refractivity contribution in [3.8, 4) is 0 Å². The molecule has 0 aromatic rings. The van der Waals surface area contributed by atoms with E-state index in [4.69, 9.17) is 10.5 Å². The van der Waals surface area contributed by atoms with E-state index in [1.807, 2.05) is 0 Å². The van der Waals surface area contributed by atoms with E-state index in [0.717, 1.165) is 26.2 Å². The molecule has 0 aromatic carbocycles. The van der Waals surface area contributed by atoms with Crippen molar-refractivity contribution in [1.29, 1.82) is 0 Å². The Labute approximate surface area is 115 Å². The van der Waals surface area contributed by atoms with Crippen LogP contribution in [0, 0.1) is 5.92 Å². The highest BCUT2D eigenvalue weighted by atomic mass is 16.5. The molecule has 2 heterocycles. The highest BCUT2D eigenvalue weighted by Crippen LogP contribution is 2.19. The molecule has 110 valence electrons. The average Bonchev–Trinajstić information content (AvgIpc) is 2.46. The SMILES string of the molecule is CCN1CCC(CNC(=O)C2(N)CCOCC2)CC1. The molecule has 0 bridgehead atoms. The molecule has 2 aliphatic rings. The number of ether oxygens (including phenoxy) is 1. The van der Waals surface area contributed by atoms with Crippen LogP contribution in [-0.4, -0.2) is 55.7 Å². The number of piperidine rings is 1. The maximum atomic E-state index is 12.2. The molecule has 0 unspecified atom stereocenters. The molecule has 1 amide bonds. The van der Waals surface area contributed by atoms with E-state index in [0.29, 0.717) is 32.0 Å². The Morgan fingerprint density at radius 1 is 1.37 bits per heavy atom. The van der Waals surface area contributed by atoms with Gasteiger partial charge < -0.3 is 20.7 Å². The van der Waals surface area contributed by atoms with Gasteiger partial charge in [0.05, 0.1) is 5.54 Å². The Morgan fingerprint density at radius 3 is 2.58 bits per heavy atom. The van der Waals surface area contributed by atoms with Crippen molar-refractivity contribution in [1.82, 2.24) is 10.2 Å². The molecule has 5 nitrogen and oxygen atoms in total. The van der Waals surface area contributed by atoms with E-state index in [-0.39, 0.29) is 5.91 Å². The van der Waals surface area contributed by atoms with Gasteiger partial charge in [0, 0.05) is 19.8 Å². The number of hydrogen-bond donors (Lipinski definition) is 2. The van der Waals surface area contributed by atoms with Gasteiger partial charge >= 0.3 is 0 Å². The van der Waals surface area contributed by atoms with Crippen LogP contribution in [0.25, 0.3) is 0 Å². The lowest BCUT2D eigenvalue weighted by atomic mass is 9.89. The summed E-state index contributed by atoms with van der Waals surface area (Å²) >= 11 is 0. The fraction of sp³-hybridized carbons (Fsp3) is 0.929. The molecular formula is C14H27N3O2. The normalized spacial score (nSPS) is 25.2. The lowest BCUT2D eigenvalue weighted by molar-refractivity contribution is -0.130. The summed E-state index contributed by atoms with van der Waals surface area (Å²) in [4.78, 5) is 14.6. The number of nitrogens with zero attached hydrogens (tertiary/aromatic N) is 1. The minimum absolute atomic E-state index is 0.00808. The number of likely N-dealkylation sites (tertiary alicyclic amines) is 1. The van der Waals surface area contributed by atoms with E-state index < -0.39 is 5.54 Å². The van der Waals surface area contributed by atoms with Gasteiger partial charge in [0.15, 0.2) is 0 Å². The third kappa shape index (κ3) is 3.91. The molecule has 2 rings (SSSR count). The number of carbonyl (C=O) groups excluding carboxylic acids is 1. The minimum Gasteiger partial charge on any atom is -0.381 e. The van der Waals surface area contributed by atoms with Gasteiger partial charge in [-0.25, -0.2) is 0 Å². The molecule has 2 fully saturated rings. The number of nitrogens with two attached hydrogens (primary N) is 1. The van der Waals surface area contributed by atoms with E-state index in [1.165, 1.54) is 12.8 Å². The molecular weight excluding hydrogens is 242 g/mol. The molecule has 0 radical (unpaired) electrons. The first-order valence-corrected chi connectivity index (χ1v) is 7.51. The molecule has 0 aromatic heterocycles. The van der Waals surface area contributed by atoms with Crippen LogP contribution in [0.2, 0.25) is 0 Å². The Kier molecular flexibility index (Phi) is 5.19. The topological polar surface area (TPSA) is 67.6 Å². The zero-order valence-electron chi connectivity index (χ0n) is 12.0. The number of amides is 1. The zero-order chi connectivity index (χ0) is 13.7. The molecule has 2 saturated heterocycles. The summed E-state index contributed by atoms with van der Waals surface area (Å²) in [6, 6.07) is 0. The van der Waals surface area contributed by atoms with E-state index >= 15 is 0 Å². The Hall–Kier alpha value is -0.650. The van der Waals surface area contributed by atoms with Gasteiger partial charge in [-0.3, -0.25) is 4.79 Å². The van der Waals surface area contributed by atoms with Crippen LogP contribution >= 0.6 is 0 Å². The smallest absolute Gasteiger partial charge is 0.240 e. The molecule has 19 heavy (non-hydrogen) atoms. The lowest BCUT2D eigenvalue weighted by Gasteiger charge is -2.34. The maximum Gasteiger partial charge on any atom is 0.240 e. The zero-order valence-corrected chi connectivity index (χ0v) is 12.0. The Balaban J connectivity index is 1.71. The monoisotopic (exact) mass is 269 g/mol. The molecule has 0 spiro atoms. The van der Waals surface area contributed by atoms with Crippen LogP contribution in [-0.2, 0) is 9.53 Å². The van der Waals surface area contributed by atoms with Crippen LogP contribution in [0.4, 0.5) is 0 Å². The van der Waals surface area contributed by atoms with E-state index in [2.05, 4.69) is 17.1 Å². The van der Waals surface area contributed by atoms with Gasteiger partial charge in [-0.2, -0.15) is 0 Å². The number of nitrogens with one attached hydrogen (secondary N) is 1. The van der Waals surface area contributed by atoms with Gasteiger partial charge in [-0.1, -0.05) is 6.92 Å².